The molecule has 0 aliphatic carbocycles. The van der Waals surface area contributed by atoms with Gasteiger partial charge in [-0.2, -0.15) is 15.8 Å². The maximum absolute atomic E-state index is 7.96. The molecule has 0 aliphatic rings. The van der Waals surface area contributed by atoms with Crippen molar-refractivity contribution in [3.05, 3.63) is 0 Å². The predicted octanol–water partition coefficient (Wildman–Crippen LogP) is 0.535. The van der Waals surface area contributed by atoms with Gasteiger partial charge in [-0.1, -0.05) is 11.6 Å². The van der Waals surface area contributed by atoms with E-state index in [1.807, 2.05) is 0 Å². The van der Waals surface area contributed by atoms with Crippen molar-refractivity contribution >= 4 is 11.6 Å². The Hall–Kier alpha value is -1.24. The predicted molar refractivity (Wildman–Crippen MR) is 25.4 cm³/mol. The van der Waals surface area contributed by atoms with Crippen LogP contribution in [0.5, 0.6) is 0 Å². The minimum atomic E-state index is -1.99. The Bertz CT molecular complexity index is 165. The lowest BCUT2D eigenvalue weighted by Gasteiger charge is -1.90. The molecule has 0 rings (SSSR count). The number of hydrogen-bond acceptors (Lipinski definition) is 3. The lowest BCUT2D eigenvalue weighted by Crippen LogP contribution is -2.10. The normalized spacial score (nSPS) is 8.25. The Labute approximate surface area is 51.3 Å². The van der Waals surface area contributed by atoms with Crippen molar-refractivity contribution in [1.29, 1.82) is 15.8 Å². The zero-order valence-corrected chi connectivity index (χ0v) is 4.48. The number of hydrogen-bond donors (Lipinski definition) is 0. The van der Waals surface area contributed by atoms with Crippen molar-refractivity contribution < 1.29 is 0 Å². The number of nitriles is 3. The average molecular weight is 126 g/mol. The standard InChI is InChI=1S/C4ClN3/c5-4(1-6,2-7)3-8. The van der Waals surface area contributed by atoms with Gasteiger partial charge in [0.2, 0.25) is 0 Å². The van der Waals surface area contributed by atoms with E-state index in [0.29, 0.717) is 0 Å². The van der Waals surface area contributed by atoms with Gasteiger partial charge in [-0.3, -0.25) is 0 Å². The summed E-state index contributed by atoms with van der Waals surface area (Å²) < 4.78 is 0. The molecule has 0 amide bonds. The molecule has 0 aromatic heterocycles. The lowest BCUT2D eigenvalue weighted by molar-refractivity contribution is 1.14. The van der Waals surface area contributed by atoms with E-state index in [-0.39, 0.29) is 0 Å². The van der Waals surface area contributed by atoms with Gasteiger partial charge >= 0.3 is 4.87 Å². The molecule has 0 saturated carbocycles. The van der Waals surface area contributed by atoms with Crippen LogP contribution in [0.2, 0.25) is 0 Å². The first kappa shape index (κ1) is 6.76. The van der Waals surface area contributed by atoms with E-state index in [4.69, 9.17) is 27.4 Å². The molecule has 0 aromatic carbocycles. The first-order valence-corrected chi connectivity index (χ1v) is 1.99. The van der Waals surface area contributed by atoms with Gasteiger partial charge in [-0.05, 0) is 0 Å². The van der Waals surface area contributed by atoms with Crippen LogP contribution in [-0.2, 0) is 0 Å². The van der Waals surface area contributed by atoms with Gasteiger partial charge in [0.25, 0.3) is 0 Å². The van der Waals surface area contributed by atoms with Crippen molar-refractivity contribution in [3.8, 4) is 18.2 Å². The molecule has 8 heavy (non-hydrogen) atoms. The number of rotatable bonds is 0. The molecule has 0 heterocycles. The zero-order valence-electron chi connectivity index (χ0n) is 3.72. The van der Waals surface area contributed by atoms with Gasteiger partial charge in [0.15, 0.2) is 0 Å². The van der Waals surface area contributed by atoms with Crippen molar-refractivity contribution in [2.24, 2.45) is 0 Å². The Morgan fingerprint density at radius 3 is 1.25 bits per heavy atom. The van der Waals surface area contributed by atoms with Crippen LogP contribution in [0.25, 0.3) is 0 Å². The second-order valence-corrected chi connectivity index (χ2v) is 1.56. The Morgan fingerprint density at radius 1 is 1.00 bits per heavy atom. The summed E-state index contributed by atoms with van der Waals surface area (Å²) in [5.41, 5.74) is 0. The molecule has 0 fully saturated rings. The van der Waals surface area contributed by atoms with E-state index in [0.717, 1.165) is 0 Å². The number of halogens is 1. The third-order valence-corrected chi connectivity index (χ3v) is 0.716. The first-order valence-electron chi connectivity index (χ1n) is 1.61. The minimum Gasteiger partial charge on any atom is -0.194 e. The van der Waals surface area contributed by atoms with E-state index >= 15 is 0 Å². The van der Waals surface area contributed by atoms with Gasteiger partial charge in [0.1, 0.15) is 18.2 Å². The van der Waals surface area contributed by atoms with Gasteiger partial charge in [0.05, 0.1) is 0 Å². The highest BCUT2D eigenvalue weighted by Crippen LogP contribution is 2.08. The molecule has 0 aromatic rings. The van der Waals surface area contributed by atoms with E-state index in [1.165, 1.54) is 18.2 Å². The Morgan fingerprint density at radius 2 is 1.25 bits per heavy atom. The molecule has 0 spiro atoms. The topological polar surface area (TPSA) is 71.4 Å². The van der Waals surface area contributed by atoms with Crippen molar-refractivity contribution in [1.82, 2.24) is 0 Å². The molecule has 0 saturated heterocycles. The highest BCUT2D eigenvalue weighted by atomic mass is 35.5. The molecule has 0 bridgehead atoms. The van der Waals surface area contributed by atoms with Gasteiger partial charge in [-0.25, -0.2) is 0 Å². The minimum absolute atomic E-state index is 1.32. The second kappa shape index (κ2) is 2.17. The first-order chi connectivity index (χ1) is 3.68. The molecule has 0 radical (unpaired) electrons. The van der Waals surface area contributed by atoms with E-state index in [1.54, 1.807) is 0 Å². The maximum Gasteiger partial charge on any atom is 0.300 e. The van der Waals surface area contributed by atoms with E-state index < -0.39 is 4.87 Å². The third kappa shape index (κ3) is 1.12. The molecule has 3 nitrogen and oxygen atoms in total. The monoisotopic (exact) mass is 125 g/mol. The van der Waals surface area contributed by atoms with Crippen LogP contribution in [0.1, 0.15) is 0 Å². The summed E-state index contributed by atoms with van der Waals surface area (Å²) in [6, 6.07) is 3.96. The van der Waals surface area contributed by atoms with Crippen molar-refractivity contribution in [3.63, 3.8) is 0 Å². The number of nitrogens with zero attached hydrogens (tertiary/aromatic N) is 3. The smallest absolute Gasteiger partial charge is 0.194 e. The van der Waals surface area contributed by atoms with E-state index in [2.05, 4.69) is 0 Å². The Balaban J connectivity index is 4.42. The lowest BCUT2D eigenvalue weighted by atomic mass is 10.2. The highest BCUT2D eigenvalue weighted by Gasteiger charge is 2.24. The van der Waals surface area contributed by atoms with Crippen LogP contribution in [0, 0.1) is 34.0 Å². The summed E-state index contributed by atoms with van der Waals surface area (Å²) in [5.74, 6) is 0. The second-order valence-electron chi connectivity index (χ2n) is 0.994. The molecule has 0 N–H and O–H groups in total. The van der Waals surface area contributed by atoms with Crippen LogP contribution < -0.4 is 0 Å². The SMILES string of the molecule is N#CC(Cl)(C#N)C#N. The van der Waals surface area contributed by atoms with Gasteiger partial charge in [0, 0.05) is 0 Å². The van der Waals surface area contributed by atoms with E-state index in [9.17, 15) is 0 Å². The molecule has 0 unspecified atom stereocenters. The molecule has 38 valence electrons. The average Bonchev–Trinajstić information content (AvgIpc) is 1.87. The summed E-state index contributed by atoms with van der Waals surface area (Å²) in [6.45, 7) is 0. The largest absolute Gasteiger partial charge is 0.300 e. The summed E-state index contributed by atoms with van der Waals surface area (Å²) in [6.07, 6.45) is 0. The van der Waals surface area contributed by atoms with Gasteiger partial charge in [-0.15, -0.1) is 0 Å². The number of alkyl halides is 1. The summed E-state index contributed by atoms with van der Waals surface area (Å²) >= 11 is 5.01. The zero-order chi connectivity index (χ0) is 6.62. The van der Waals surface area contributed by atoms with Gasteiger partial charge < -0.3 is 0 Å². The van der Waals surface area contributed by atoms with Crippen LogP contribution in [0.15, 0.2) is 0 Å². The molecular weight excluding hydrogens is 126 g/mol. The molecule has 4 heteroatoms. The maximum atomic E-state index is 7.96. The molecule has 0 aliphatic heterocycles. The van der Waals surface area contributed by atoms with Crippen LogP contribution >= 0.6 is 11.6 Å². The highest BCUT2D eigenvalue weighted by molar-refractivity contribution is 6.29. The summed E-state index contributed by atoms with van der Waals surface area (Å²) in [4.78, 5) is -1.99. The van der Waals surface area contributed by atoms with Crippen LogP contribution in [-0.4, -0.2) is 4.87 Å². The molecule has 0 atom stereocenters. The van der Waals surface area contributed by atoms with Crippen LogP contribution in [0.4, 0.5) is 0 Å². The molecular formula is C4ClN3. The third-order valence-electron chi connectivity index (χ3n) is 0.462. The van der Waals surface area contributed by atoms with Crippen molar-refractivity contribution in [2.45, 2.75) is 4.87 Å². The summed E-state index contributed by atoms with van der Waals surface area (Å²) in [5, 5.41) is 23.9. The quantitative estimate of drug-likeness (QED) is 0.444. The van der Waals surface area contributed by atoms with Crippen molar-refractivity contribution in [2.75, 3.05) is 0 Å². The van der Waals surface area contributed by atoms with Crippen LogP contribution in [0.3, 0.4) is 0 Å². The fourth-order valence-corrected chi connectivity index (χ4v) is 0.0750. The summed E-state index contributed by atoms with van der Waals surface area (Å²) in [7, 11) is 0. The Kier molecular flexibility index (Phi) is 1.83. The fourth-order valence-electron chi connectivity index (χ4n) is 0.0750. The fraction of sp³-hybridized carbons (Fsp3) is 0.250.